The molecule has 2 rings (SSSR count). The molecule has 24 heavy (non-hydrogen) atoms. The minimum absolute atomic E-state index is 0.0143. The van der Waals surface area contributed by atoms with Crippen molar-refractivity contribution in [1.82, 2.24) is 5.43 Å². The number of hydrazone groups is 1. The van der Waals surface area contributed by atoms with Crippen LogP contribution in [-0.4, -0.2) is 23.8 Å². The van der Waals surface area contributed by atoms with E-state index in [0.717, 1.165) is 4.47 Å². The van der Waals surface area contributed by atoms with Crippen LogP contribution in [0.4, 0.5) is 0 Å². The van der Waals surface area contributed by atoms with Gasteiger partial charge in [0.2, 0.25) is 0 Å². The Balaban J connectivity index is 1.91. The molecule has 2 aromatic carbocycles. The third-order valence-electron chi connectivity index (χ3n) is 2.70. The van der Waals surface area contributed by atoms with Crippen molar-refractivity contribution < 1.29 is 14.6 Å². The Morgan fingerprint density at radius 1 is 1.29 bits per heavy atom. The quantitative estimate of drug-likeness (QED) is 0.463. The number of hydrogen-bond acceptors (Lipinski definition) is 4. The van der Waals surface area contributed by atoms with Crippen molar-refractivity contribution in [2.75, 3.05) is 6.61 Å². The van der Waals surface area contributed by atoms with Crippen molar-refractivity contribution in [3.63, 3.8) is 0 Å². The fraction of sp³-hybridized carbons (Fsp3) is 0.0667. The van der Waals surface area contributed by atoms with Crippen LogP contribution in [0.5, 0.6) is 11.5 Å². The van der Waals surface area contributed by atoms with Gasteiger partial charge in [0.05, 0.1) is 15.7 Å². The van der Waals surface area contributed by atoms with Gasteiger partial charge in [-0.2, -0.15) is 5.10 Å². The first kappa shape index (κ1) is 19.1. The predicted octanol–water partition coefficient (Wildman–Crippen LogP) is 4.75. The molecule has 0 unspecified atom stereocenters. The van der Waals surface area contributed by atoms with Crippen molar-refractivity contribution >= 4 is 67.2 Å². The Hall–Kier alpha value is -1.28. The molecule has 1 amide bonds. The molecule has 0 aromatic heterocycles. The molecule has 0 spiro atoms. The second-order valence-corrected chi connectivity index (χ2v) is 7.10. The number of hydrogen-bond donors (Lipinski definition) is 2. The first-order valence-electron chi connectivity index (χ1n) is 6.44. The Morgan fingerprint density at radius 3 is 2.75 bits per heavy atom. The summed E-state index contributed by atoms with van der Waals surface area (Å²) in [5.41, 5.74) is 2.72. The second kappa shape index (κ2) is 8.71. The van der Waals surface area contributed by atoms with Crippen molar-refractivity contribution in [2.24, 2.45) is 5.10 Å². The minimum atomic E-state index is -0.481. The molecule has 0 atom stereocenters. The molecule has 0 heterocycles. The van der Waals surface area contributed by atoms with Gasteiger partial charge in [0, 0.05) is 15.1 Å². The predicted molar refractivity (Wildman–Crippen MR) is 101 cm³/mol. The number of carbonyl (C=O) groups excluding carboxylic acids is 1. The van der Waals surface area contributed by atoms with Crippen molar-refractivity contribution in [1.29, 1.82) is 0 Å². The molecule has 126 valence electrons. The van der Waals surface area contributed by atoms with E-state index >= 15 is 0 Å². The molecular formula is C15H10Br2Cl2N2O3. The van der Waals surface area contributed by atoms with Crippen molar-refractivity contribution in [3.05, 3.63) is 54.9 Å². The summed E-state index contributed by atoms with van der Waals surface area (Å²) in [6.45, 7) is -0.271. The van der Waals surface area contributed by atoms with E-state index in [1.165, 1.54) is 12.3 Å². The zero-order valence-corrected chi connectivity index (χ0v) is 16.6. The molecule has 0 bridgehead atoms. The summed E-state index contributed by atoms with van der Waals surface area (Å²) in [7, 11) is 0. The zero-order chi connectivity index (χ0) is 17.7. The molecule has 0 aliphatic carbocycles. The van der Waals surface area contributed by atoms with Crippen LogP contribution in [0.3, 0.4) is 0 Å². The first-order chi connectivity index (χ1) is 11.4. The lowest BCUT2D eigenvalue weighted by atomic mass is 10.2. The molecule has 9 heteroatoms. The van der Waals surface area contributed by atoms with Gasteiger partial charge in [-0.05, 0) is 46.3 Å². The van der Waals surface area contributed by atoms with E-state index in [9.17, 15) is 9.90 Å². The highest BCUT2D eigenvalue weighted by Crippen LogP contribution is 2.30. The average molecular weight is 497 g/mol. The summed E-state index contributed by atoms with van der Waals surface area (Å²) in [6.07, 6.45) is 1.32. The van der Waals surface area contributed by atoms with Crippen LogP contribution in [0.25, 0.3) is 0 Å². The van der Waals surface area contributed by atoms with Gasteiger partial charge in [0.25, 0.3) is 5.91 Å². The number of amides is 1. The number of phenolic OH excluding ortho intramolecular Hbond substituents is 1. The molecular weight excluding hydrogens is 487 g/mol. The smallest absolute Gasteiger partial charge is 0.277 e. The average Bonchev–Trinajstić information content (AvgIpc) is 2.51. The van der Waals surface area contributed by atoms with E-state index in [4.69, 9.17) is 27.9 Å². The molecule has 2 N–H and O–H groups in total. The Bertz CT molecular complexity index is 801. The number of halogens is 4. The van der Waals surface area contributed by atoms with Crippen LogP contribution in [0.15, 0.2) is 44.4 Å². The number of aromatic hydroxyl groups is 1. The molecule has 5 nitrogen and oxygen atoms in total. The lowest BCUT2D eigenvalue weighted by Gasteiger charge is -2.07. The zero-order valence-electron chi connectivity index (χ0n) is 11.9. The maximum absolute atomic E-state index is 11.7. The summed E-state index contributed by atoms with van der Waals surface area (Å²) in [6, 6.07) is 8.03. The van der Waals surface area contributed by atoms with Gasteiger partial charge < -0.3 is 9.84 Å². The number of rotatable bonds is 5. The van der Waals surface area contributed by atoms with Gasteiger partial charge in [0.1, 0.15) is 11.5 Å². The standard InChI is InChI=1S/C15H10Br2Cl2N2O3/c16-9-3-8(15(23)11(17)4-9)6-20-21-14(22)7-24-13-2-1-10(18)5-12(13)19/h1-6,23H,7H2,(H,21,22)/b20-6-. The first-order valence-corrected chi connectivity index (χ1v) is 8.79. The number of benzene rings is 2. The second-order valence-electron chi connectivity index (χ2n) is 4.48. The Labute approximate surface area is 164 Å². The minimum Gasteiger partial charge on any atom is -0.506 e. The number of phenols is 1. The van der Waals surface area contributed by atoms with E-state index in [1.807, 2.05) is 0 Å². The molecule has 0 aliphatic heterocycles. The van der Waals surface area contributed by atoms with Crippen LogP contribution in [0.2, 0.25) is 10.0 Å². The van der Waals surface area contributed by atoms with E-state index in [-0.39, 0.29) is 12.4 Å². The highest BCUT2D eigenvalue weighted by molar-refractivity contribution is 9.11. The van der Waals surface area contributed by atoms with Crippen molar-refractivity contribution in [2.45, 2.75) is 0 Å². The van der Waals surface area contributed by atoms with Crippen LogP contribution in [0, 0.1) is 0 Å². The third-order valence-corrected chi connectivity index (χ3v) is 4.30. The highest BCUT2D eigenvalue weighted by atomic mass is 79.9. The molecule has 0 saturated heterocycles. The number of carbonyl (C=O) groups is 1. The maximum atomic E-state index is 11.7. The van der Waals surface area contributed by atoms with E-state index < -0.39 is 5.91 Å². The van der Waals surface area contributed by atoms with Gasteiger partial charge in [-0.25, -0.2) is 5.43 Å². The van der Waals surface area contributed by atoms with Crippen LogP contribution in [-0.2, 0) is 4.79 Å². The van der Waals surface area contributed by atoms with Gasteiger partial charge in [-0.15, -0.1) is 0 Å². The normalized spacial score (nSPS) is 10.8. The fourth-order valence-corrected chi connectivity index (χ4v) is 3.35. The van der Waals surface area contributed by atoms with Crippen molar-refractivity contribution in [3.8, 4) is 11.5 Å². The Kier molecular flexibility index (Phi) is 6.91. The summed E-state index contributed by atoms with van der Waals surface area (Å²) < 4.78 is 6.53. The lowest BCUT2D eigenvalue weighted by Crippen LogP contribution is -2.24. The number of nitrogens with zero attached hydrogens (tertiary/aromatic N) is 1. The van der Waals surface area contributed by atoms with Crippen LogP contribution in [0.1, 0.15) is 5.56 Å². The third kappa shape index (κ3) is 5.37. The van der Waals surface area contributed by atoms with Gasteiger partial charge >= 0.3 is 0 Å². The van der Waals surface area contributed by atoms with Crippen LogP contribution < -0.4 is 10.2 Å². The molecule has 2 aromatic rings. The van der Waals surface area contributed by atoms with E-state index in [2.05, 4.69) is 42.4 Å². The number of nitrogens with one attached hydrogen (secondary N) is 1. The summed E-state index contributed by atoms with van der Waals surface area (Å²) in [5.74, 6) is -0.125. The molecule has 0 radical (unpaired) electrons. The highest BCUT2D eigenvalue weighted by Gasteiger charge is 2.07. The van der Waals surface area contributed by atoms with Gasteiger partial charge in [-0.1, -0.05) is 39.1 Å². The SMILES string of the molecule is O=C(COc1ccc(Cl)cc1Cl)N/N=C\c1cc(Br)cc(Br)c1O. The molecule has 0 fully saturated rings. The van der Waals surface area contributed by atoms with E-state index in [0.29, 0.717) is 25.8 Å². The monoisotopic (exact) mass is 494 g/mol. The fourth-order valence-electron chi connectivity index (χ4n) is 1.63. The lowest BCUT2D eigenvalue weighted by molar-refractivity contribution is -0.123. The molecule has 0 aliphatic rings. The summed E-state index contributed by atoms with van der Waals surface area (Å²) in [4.78, 5) is 11.7. The Morgan fingerprint density at radius 2 is 2.04 bits per heavy atom. The van der Waals surface area contributed by atoms with Gasteiger partial charge in [-0.3, -0.25) is 4.79 Å². The van der Waals surface area contributed by atoms with E-state index in [1.54, 1.807) is 24.3 Å². The van der Waals surface area contributed by atoms with Crippen LogP contribution >= 0.6 is 55.1 Å². The largest absolute Gasteiger partial charge is 0.506 e. The number of ether oxygens (including phenoxy) is 1. The summed E-state index contributed by atoms with van der Waals surface area (Å²) in [5, 5.41) is 14.4. The van der Waals surface area contributed by atoms with Gasteiger partial charge in [0.15, 0.2) is 6.61 Å². The topological polar surface area (TPSA) is 70.9 Å². The maximum Gasteiger partial charge on any atom is 0.277 e. The summed E-state index contributed by atoms with van der Waals surface area (Å²) >= 11 is 18.2. The molecule has 0 saturated carbocycles.